The summed E-state index contributed by atoms with van der Waals surface area (Å²) < 4.78 is 2.42. The topological polar surface area (TPSA) is 8.17 Å². The maximum atomic E-state index is 2.42. The van der Waals surface area contributed by atoms with E-state index in [0.717, 1.165) is 28.3 Å². The van der Waals surface area contributed by atoms with Crippen LogP contribution in [-0.4, -0.2) is 4.57 Å². The van der Waals surface area contributed by atoms with Crippen LogP contribution in [0.1, 0.15) is 5.56 Å². The first-order chi connectivity index (χ1) is 33.2. The summed E-state index contributed by atoms with van der Waals surface area (Å²) in [6, 6.07) is 94.9. The maximum Gasteiger partial charge on any atom is 0.0562 e. The quantitative estimate of drug-likeness (QED) is 0.140. The van der Waals surface area contributed by atoms with Crippen LogP contribution >= 0.6 is 0 Å². The number of hydrogen-bond acceptors (Lipinski definition) is 1. The predicted molar refractivity (Wildman–Crippen MR) is 285 cm³/mol. The van der Waals surface area contributed by atoms with Gasteiger partial charge < -0.3 is 9.47 Å². The first kappa shape index (κ1) is 39.8. The number of anilines is 3. The van der Waals surface area contributed by atoms with E-state index >= 15 is 0 Å². The molecular formula is C65H46N2. The second-order valence-electron chi connectivity index (χ2n) is 17.3. The molecule has 0 bridgehead atoms. The van der Waals surface area contributed by atoms with Crippen molar-refractivity contribution in [1.82, 2.24) is 4.57 Å². The molecule has 67 heavy (non-hydrogen) atoms. The smallest absolute Gasteiger partial charge is 0.0562 e. The minimum atomic E-state index is 1.08. The van der Waals surface area contributed by atoms with Gasteiger partial charge in [0, 0.05) is 33.5 Å². The second kappa shape index (κ2) is 17.0. The molecule has 0 N–H and O–H groups in total. The van der Waals surface area contributed by atoms with Crippen LogP contribution in [0.25, 0.3) is 93.9 Å². The van der Waals surface area contributed by atoms with E-state index in [2.05, 4.69) is 277 Å². The van der Waals surface area contributed by atoms with Crippen molar-refractivity contribution in [3.05, 3.63) is 266 Å². The van der Waals surface area contributed by atoms with Crippen LogP contribution in [0, 0.1) is 6.92 Å². The van der Waals surface area contributed by atoms with Crippen molar-refractivity contribution in [2.24, 2.45) is 0 Å². The zero-order chi connectivity index (χ0) is 44.7. The SMILES string of the molecule is Cc1cccc2c1c1ccc(N(c3ccc(-c4ccc(-c5ccccc5)cc4-c4ccccc4)cc3)c3ccc(-c4ccc5ccccc5c4-c4ccccc4)cc3)cc1n2-c1ccccc1. The molecule has 1 heterocycles. The van der Waals surface area contributed by atoms with Gasteiger partial charge in [-0.05, 0) is 140 Å². The van der Waals surface area contributed by atoms with Crippen molar-refractivity contribution in [1.29, 1.82) is 0 Å². The van der Waals surface area contributed by atoms with Crippen molar-refractivity contribution < 1.29 is 0 Å². The highest BCUT2D eigenvalue weighted by Gasteiger charge is 2.20. The van der Waals surface area contributed by atoms with Gasteiger partial charge in [-0.1, -0.05) is 200 Å². The van der Waals surface area contributed by atoms with Gasteiger partial charge in [0.05, 0.1) is 11.0 Å². The van der Waals surface area contributed by atoms with Crippen LogP contribution in [0.5, 0.6) is 0 Å². The number of nitrogens with zero attached hydrogens (tertiary/aromatic N) is 2. The van der Waals surface area contributed by atoms with E-state index in [9.17, 15) is 0 Å². The van der Waals surface area contributed by atoms with Crippen LogP contribution in [0.2, 0.25) is 0 Å². The maximum absolute atomic E-state index is 2.42. The number of rotatable bonds is 9. The molecular weight excluding hydrogens is 809 g/mol. The van der Waals surface area contributed by atoms with Gasteiger partial charge in [0.25, 0.3) is 0 Å². The largest absolute Gasteiger partial charge is 0.310 e. The Morgan fingerprint density at radius 3 is 1.54 bits per heavy atom. The van der Waals surface area contributed by atoms with Crippen molar-refractivity contribution in [2.75, 3.05) is 4.90 Å². The lowest BCUT2D eigenvalue weighted by Crippen LogP contribution is -2.10. The fraction of sp³-hybridized carbons (Fsp3) is 0.0154. The fourth-order valence-electron chi connectivity index (χ4n) is 10.1. The Hall–Kier alpha value is -8.72. The molecule has 316 valence electrons. The predicted octanol–water partition coefficient (Wildman–Crippen LogP) is 18.1. The summed E-state index contributed by atoms with van der Waals surface area (Å²) in [4.78, 5) is 2.40. The number of aryl methyl sites for hydroxylation is 1. The molecule has 0 radical (unpaired) electrons. The number of aromatic nitrogens is 1. The van der Waals surface area contributed by atoms with Gasteiger partial charge in [0.1, 0.15) is 0 Å². The van der Waals surface area contributed by atoms with Crippen molar-refractivity contribution >= 4 is 49.6 Å². The summed E-state index contributed by atoms with van der Waals surface area (Å²) in [7, 11) is 0. The van der Waals surface area contributed by atoms with Crippen LogP contribution in [-0.2, 0) is 0 Å². The summed E-state index contributed by atoms with van der Waals surface area (Å²) in [6.45, 7) is 2.22. The van der Waals surface area contributed by atoms with Gasteiger partial charge in [0.2, 0.25) is 0 Å². The van der Waals surface area contributed by atoms with Crippen LogP contribution in [0.3, 0.4) is 0 Å². The lowest BCUT2D eigenvalue weighted by atomic mass is 9.89. The first-order valence-electron chi connectivity index (χ1n) is 23.1. The van der Waals surface area contributed by atoms with Gasteiger partial charge in [-0.25, -0.2) is 0 Å². The van der Waals surface area contributed by atoms with E-state index in [0.29, 0.717) is 0 Å². The highest BCUT2D eigenvalue weighted by molar-refractivity contribution is 6.12. The summed E-state index contributed by atoms with van der Waals surface area (Å²) in [5.74, 6) is 0. The average Bonchev–Trinajstić information content (AvgIpc) is 3.74. The Bertz CT molecular complexity index is 3700. The molecule has 2 heteroatoms. The van der Waals surface area contributed by atoms with E-state index in [4.69, 9.17) is 0 Å². The van der Waals surface area contributed by atoms with Crippen LogP contribution in [0.15, 0.2) is 261 Å². The molecule has 0 atom stereocenters. The number of para-hydroxylation sites is 1. The molecule has 12 aromatic rings. The third-order valence-electron chi connectivity index (χ3n) is 13.3. The molecule has 0 spiro atoms. The highest BCUT2D eigenvalue weighted by Crippen LogP contribution is 2.44. The van der Waals surface area contributed by atoms with Gasteiger partial charge in [0.15, 0.2) is 0 Å². The van der Waals surface area contributed by atoms with Gasteiger partial charge in [-0.15, -0.1) is 0 Å². The highest BCUT2D eigenvalue weighted by atomic mass is 15.1. The first-order valence-corrected chi connectivity index (χ1v) is 23.1. The zero-order valence-electron chi connectivity index (χ0n) is 37.2. The molecule has 0 aliphatic rings. The lowest BCUT2D eigenvalue weighted by Gasteiger charge is -2.26. The molecule has 0 aliphatic heterocycles. The van der Waals surface area contributed by atoms with Gasteiger partial charge in [-0.2, -0.15) is 0 Å². The third kappa shape index (κ3) is 7.26. The van der Waals surface area contributed by atoms with E-state index in [-0.39, 0.29) is 0 Å². The molecule has 0 aliphatic carbocycles. The zero-order valence-corrected chi connectivity index (χ0v) is 37.2. The number of fused-ring (bicyclic) bond motifs is 4. The summed E-state index contributed by atoms with van der Waals surface area (Å²) in [5.41, 5.74) is 20.0. The standard InChI is InChI=1S/C65H46N2/c1-45-17-16-28-62-64(45)60-42-39-56(44-63(60)67(62)53-25-12-5-13-26-53)66(55-37-31-50(32-38-55)59-41-33-48-22-14-15-27-58(48)65(59)51-23-10-4-11-24-51)54-35-29-49(30-36-54)57-40-34-52(46-18-6-2-7-19-46)43-61(57)47-20-8-3-9-21-47/h2-44H,1H3. The molecule has 0 fully saturated rings. The molecule has 1 aromatic heterocycles. The Balaban J connectivity index is 1.02. The van der Waals surface area contributed by atoms with Gasteiger partial charge >= 0.3 is 0 Å². The number of benzene rings is 11. The summed E-state index contributed by atoms with van der Waals surface area (Å²) in [5, 5.41) is 5.01. The Morgan fingerprint density at radius 2 is 0.851 bits per heavy atom. The molecule has 11 aromatic carbocycles. The molecule has 2 nitrogen and oxygen atoms in total. The molecule has 0 amide bonds. The van der Waals surface area contributed by atoms with Crippen LogP contribution in [0.4, 0.5) is 17.1 Å². The Labute approximate surface area is 391 Å². The summed E-state index contributed by atoms with van der Waals surface area (Å²) >= 11 is 0. The van der Waals surface area contributed by atoms with E-state index in [1.807, 2.05) is 0 Å². The third-order valence-corrected chi connectivity index (χ3v) is 13.3. The molecule has 0 unspecified atom stereocenters. The molecule has 12 rings (SSSR count). The van der Waals surface area contributed by atoms with Crippen molar-refractivity contribution in [2.45, 2.75) is 6.92 Å². The average molecular weight is 855 g/mol. The Kier molecular flexibility index (Phi) is 10.1. The summed E-state index contributed by atoms with van der Waals surface area (Å²) in [6.07, 6.45) is 0. The van der Waals surface area contributed by atoms with E-state index in [1.165, 1.54) is 88.2 Å². The van der Waals surface area contributed by atoms with E-state index in [1.54, 1.807) is 0 Å². The van der Waals surface area contributed by atoms with Crippen molar-refractivity contribution in [3.8, 4) is 61.3 Å². The fourth-order valence-corrected chi connectivity index (χ4v) is 10.1. The second-order valence-corrected chi connectivity index (χ2v) is 17.3. The van der Waals surface area contributed by atoms with Gasteiger partial charge in [-0.3, -0.25) is 0 Å². The van der Waals surface area contributed by atoms with Crippen molar-refractivity contribution in [3.63, 3.8) is 0 Å². The van der Waals surface area contributed by atoms with Crippen LogP contribution < -0.4 is 4.90 Å². The number of hydrogen-bond donors (Lipinski definition) is 0. The Morgan fingerprint density at radius 1 is 0.313 bits per heavy atom. The minimum absolute atomic E-state index is 1.08. The molecule has 0 saturated carbocycles. The normalized spacial score (nSPS) is 11.4. The van der Waals surface area contributed by atoms with E-state index < -0.39 is 0 Å². The lowest BCUT2D eigenvalue weighted by molar-refractivity contribution is 1.18. The minimum Gasteiger partial charge on any atom is -0.310 e. The monoisotopic (exact) mass is 854 g/mol. The molecule has 0 saturated heterocycles.